The highest BCUT2D eigenvalue weighted by Crippen LogP contribution is 2.33. The van der Waals surface area contributed by atoms with Crippen LogP contribution >= 0.6 is 0 Å². The van der Waals surface area contributed by atoms with E-state index in [0.717, 1.165) is 16.8 Å². The maximum absolute atomic E-state index is 12.2. The van der Waals surface area contributed by atoms with Crippen molar-refractivity contribution < 1.29 is 0 Å². The highest BCUT2D eigenvalue weighted by atomic mass is 16.1. The molecule has 0 saturated carbocycles. The summed E-state index contributed by atoms with van der Waals surface area (Å²) in [6.45, 7) is 1.83. The molecule has 3 N–H and O–H groups in total. The molecule has 3 heterocycles. The number of pyridine rings is 2. The Morgan fingerprint density at radius 1 is 1.38 bits per heavy atom. The van der Waals surface area contributed by atoms with E-state index in [4.69, 9.17) is 5.73 Å². The SMILES string of the molecule is Cc1cc(=O)c(-c2nn(C)c(N)c2-c2cccnc2)c[nH]1. The molecule has 0 aliphatic carbocycles. The molecule has 0 unspecified atom stereocenters. The number of H-pyrrole nitrogens is 1. The summed E-state index contributed by atoms with van der Waals surface area (Å²) in [5.41, 5.74) is 9.43. The predicted molar refractivity (Wildman–Crippen MR) is 81.6 cm³/mol. The zero-order valence-corrected chi connectivity index (χ0v) is 11.8. The van der Waals surface area contributed by atoms with Crippen LogP contribution in [0, 0.1) is 6.92 Å². The maximum atomic E-state index is 12.2. The number of aromatic amines is 1. The van der Waals surface area contributed by atoms with E-state index in [0.29, 0.717) is 17.1 Å². The van der Waals surface area contributed by atoms with Gasteiger partial charge in [-0.05, 0) is 13.0 Å². The molecule has 6 nitrogen and oxygen atoms in total. The van der Waals surface area contributed by atoms with E-state index in [1.807, 2.05) is 19.1 Å². The van der Waals surface area contributed by atoms with Crippen LogP contribution < -0.4 is 11.2 Å². The van der Waals surface area contributed by atoms with E-state index in [2.05, 4.69) is 15.1 Å². The second-order valence-corrected chi connectivity index (χ2v) is 4.87. The molecule has 0 radical (unpaired) electrons. The van der Waals surface area contributed by atoms with Gasteiger partial charge in [-0.1, -0.05) is 6.07 Å². The Hall–Kier alpha value is -2.89. The Labute approximate surface area is 121 Å². The second-order valence-electron chi connectivity index (χ2n) is 4.87. The summed E-state index contributed by atoms with van der Waals surface area (Å²) < 4.78 is 1.57. The van der Waals surface area contributed by atoms with Gasteiger partial charge >= 0.3 is 0 Å². The average Bonchev–Trinajstić information content (AvgIpc) is 2.75. The molecule has 0 saturated heterocycles. The van der Waals surface area contributed by atoms with Crippen molar-refractivity contribution in [2.75, 3.05) is 5.73 Å². The van der Waals surface area contributed by atoms with Gasteiger partial charge in [0.2, 0.25) is 0 Å². The molecule has 0 aromatic carbocycles. The molecule has 0 atom stereocenters. The molecule has 21 heavy (non-hydrogen) atoms. The fourth-order valence-electron chi connectivity index (χ4n) is 2.28. The molecule has 6 heteroatoms. The highest BCUT2D eigenvalue weighted by molar-refractivity contribution is 5.87. The van der Waals surface area contributed by atoms with Crippen molar-refractivity contribution in [3.05, 3.63) is 52.7 Å². The molecule has 106 valence electrons. The lowest BCUT2D eigenvalue weighted by Gasteiger charge is -2.04. The van der Waals surface area contributed by atoms with Gasteiger partial charge in [0.15, 0.2) is 5.43 Å². The van der Waals surface area contributed by atoms with Gasteiger partial charge in [0, 0.05) is 43.0 Å². The number of nitrogens with zero attached hydrogens (tertiary/aromatic N) is 3. The van der Waals surface area contributed by atoms with Crippen LogP contribution in [0.4, 0.5) is 5.82 Å². The largest absolute Gasteiger partial charge is 0.383 e. The smallest absolute Gasteiger partial charge is 0.191 e. The van der Waals surface area contributed by atoms with Crippen LogP contribution in [-0.2, 0) is 7.05 Å². The summed E-state index contributed by atoms with van der Waals surface area (Å²) in [5, 5.41) is 4.39. The molecule has 0 aliphatic heterocycles. The Morgan fingerprint density at radius 3 is 2.86 bits per heavy atom. The molecule has 0 spiro atoms. The number of hydrogen-bond acceptors (Lipinski definition) is 4. The second kappa shape index (κ2) is 4.90. The minimum atomic E-state index is -0.0884. The Kier molecular flexibility index (Phi) is 3.06. The fraction of sp³-hybridized carbons (Fsp3) is 0.133. The molecule has 0 fully saturated rings. The average molecular weight is 281 g/mol. The maximum Gasteiger partial charge on any atom is 0.191 e. The first-order chi connectivity index (χ1) is 10.1. The Bertz CT molecular complexity index is 848. The minimum absolute atomic E-state index is 0.0884. The van der Waals surface area contributed by atoms with Gasteiger partial charge in [-0.15, -0.1) is 0 Å². The number of rotatable bonds is 2. The summed E-state index contributed by atoms with van der Waals surface area (Å²) >= 11 is 0. The molecule has 3 aromatic heterocycles. The number of nitrogens with two attached hydrogens (primary N) is 1. The van der Waals surface area contributed by atoms with Gasteiger partial charge in [0.05, 0.1) is 11.1 Å². The Balaban J connectivity index is 2.29. The number of aromatic nitrogens is 4. The summed E-state index contributed by atoms with van der Waals surface area (Å²) in [4.78, 5) is 19.4. The molecular weight excluding hydrogens is 266 g/mol. The molecule has 3 aromatic rings. The van der Waals surface area contributed by atoms with Gasteiger partial charge in [0.25, 0.3) is 0 Å². The summed E-state index contributed by atoms with van der Waals surface area (Å²) in [6, 6.07) is 5.27. The van der Waals surface area contributed by atoms with E-state index in [-0.39, 0.29) is 5.43 Å². The summed E-state index contributed by atoms with van der Waals surface area (Å²) in [7, 11) is 1.75. The van der Waals surface area contributed by atoms with Crippen molar-refractivity contribution >= 4 is 5.82 Å². The van der Waals surface area contributed by atoms with Crippen molar-refractivity contribution in [1.29, 1.82) is 0 Å². The monoisotopic (exact) mass is 281 g/mol. The minimum Gasteiger partial charge on any atom is -0.383 e. The van der Waals surface area contributed by atoms with Crippen molar-refractivity contribution in [3.8, 4) is 22.4 Å². The number of nitrogen functional groups attached to an aromatic ring is 1. The summed E-state index contributed by atoms with van der Waals surface area (Å²) in [6.07, 6.45) is 5.06. The third-order valence-electron chi connectivity index (χ3n) is 3.35. The van der Waals surface area contributed by atoms with Gasteiger partial charge in [-0.3, -0.25) is 14.5 Å². The van der Waals surface area contributed by atoms with Gasteiger partial charge < -0.3 is 10.7 Å². The van der Waals surface area contributed by atoms with Crippen LogP contribution in [0.15, 0.2) is 41.6 Å². The number of hydrogen-bond donors (Lipinski definition) is 2. The molecule has 3 rings (SSSR count). The van der Waals surface area contributed by atoms with Crippen molar-refractivity contribution in [3.63, 3.8) is 0 Å². The first-order valence-electron chi connectivity index (χ1n) is 6.50. The lowest BCUT2D eigenvalue weighted by molar-refractivity contribution is 0.782. The first-order valence-corrected chi connectivity index (χ1v) is 6.50. The van der Waals surface area contributed by atoms with Crippen molar-refractivity contribution in [1.82, 2.24) is 19.7 Å². The van der Waals surface area contributed by atoms with E-state index >= 15 is 0 Å². The third kappa shape index (κ3) is 2.20. The van der Waals surface area contributed by atoms with Crippen molar-refractivity contribution in [2.24, 2.45) is 7.05 Å². The normalized spacial score (nSPS) is 10.8. The van der Waals surface area contributed by atoms with E-state index < -0.39 is 0 Å². The third-order valence-corrected chi connectivity index (χ3v) is 3.35. The topological polar surface area (TPSA) is 89.6 Å². The van der Waals surface area contributed by atoms with Crippen LogP contribution in [0.5, 0.6) is 0 Å². The lowest BCUT2D eigenvalue weighted by atomic mass is 10.0. The number of aryl methyl sites for hydroxylation is 2. The van der Waals surface area contributed by atoms with Gasteiger partial charge in [-0.2, -0.15) is 5.10 Å². The molecular formula is C15H15N5O. The Morgan fingerprint density at radius 2 is 2.19 bits per heavy atom. The van der Waals surface area contributed by atoms with Crippen LogP contribution in [0.2, 0.25) is 0 Å². The van der Waals surface area contributed by atoms with Crippen LogP contribution in [-0.4, -0.2) is 19.7 Å². The van der Waals surface area contributed by atoms with Gasteiger partial charge in [0.1, 0.15) is 11.5 Å². The molecule has 0 amide bonds. The fourth-order valence-corrected chi connectivity index (χ4v) is 2.28. The van der Waals surface area contributed by atoms with Crippen LogP contribution in [0.25, 0.3) is 22.4 Å². The van der Waals surface area contributed by atoms with Crippen molar-refractivity contribution in [2.45, 2.75) is 6.92 Å². The first kappa shape index (κ1) is 13.1. The van der Waals surface area contributed by atoms with E-state index in [1.165, 1.54) is 0 Å². The number of nitrogens with one attached hydrogen (secondary N) is 1. The zero-order chi connectivity index (χ0) is 15.0. The predicted octanol–water partition coefficient (Wildman–Crippen LogP) is 1.73. The quantitative estimate of drug-likeness (QED) is 0.748. The zero-order valence-electron chi connectivity index (χ0n) is 11.8. The number of anilines is 1. The molecule has 0 bridgehead atoms. The standard InChI is InChI=1S/C15H15N5O/c1-9-6-12(21)11(8-18-9)14-13(15(16)20(2)19-14)10-4-3-5-17-7-10/h3-8H,16H2,1-2H3,(H,18,21). The van der Waals surface area contributed by atoms with Gasteiger partial charge in [-0.25, -0.2) is 0 Å². The highest BCUT2D eigenvalue weighted by Gasteiger charge is 2.19. The van der Waals surface area contributed by atoms with E-state index in [1.54, 1.807) is 36.4 Å². The van der Waals surface area contributed by atoms with Crippen LogP contribution in [0.1, 0.15) is 5.69 Å². The van der Waals surface area contributed by atoms with Crippen LogP contribution in [0.3, 0.4) is 0 Å². The summed E-state index contributed by atoms with van der Waals surface area (Å²) in [5.74, 6) is 0.498. The molecule has 0 aliphatic rings. The van der Waals surface area contributed by atoms with E-state index in [9.17, 15) is 4.79 Å². The lowest BCUT2D eigenvalue weighted by Crippen LogP contribution is -2.06.